The lowest BCUT2D eigenvalue weighted by Crippen LogP contribution is -2.24. The summed E-state index contributed by atoms with van der Waals surface area (Å²) < 4.78 is 7.79. The molecule has 0 aromatic carbocycles. The van der Waals surface area contributed by atoms with Crippen molar-refractivity contribution >= 4 is 5.82 Å². The van der Waals surface area contributed by atoms with Gasteiger partial charge in [0.05, 0.1) is 25.0 Å². The minimum atomic E-state index is 0.556. The summed E-state index contributed by atoms with van der Waals surface area (Å²) in [4.78, 5) is 10.8. The summed E-state index contributed by atoms with van der Waals surface area (Å²) >= 11 is 0. The molecule has 3 heterocycles. The van der Waals surface area contributed by atoms with Gasteiger partial charge in [0.2, 0.25) is 0 Å². The Kier molecular flexibility index (Phi) is 3.72. The summed E-state index contributed by atoms with van der Waals surface area (Å²) in [6, 6.07) is 0. The van der Waals surface area contributed by atoms with E-state index in [1.807, 2.05) is 10.9 Å². The van der Waals surface area contributed by atoms with Crippen molar-refractivity contribution in [3.8, 4) is 0 Å². The third-order valence-corrected chi connectivity index (χ3v) is 4.22. The summed E-state index contributed by atoms with van der Waals surface area (Å²) in [5, 5.41) is 8.59. The summed E-state index contributed by atoms with van der Waals surface area (Å²) in [5.41, 5.74) is 2.09. The average molecular weight is 300 g/mol. The highest BCUT2D eigenvalue weighted by molar-refractivity contribution is 5.36. The van der Waals surface area contributed by atoms with Gasteiger partial charge in [0.1, 0.15) is 11.5 Å². The minimum absolute atomic E-state index is 0.556. The maximum atomic E-state index is 5.79. The van der Waals surface area contributed by atoms with E-state index in [1.54, 1.807) is 12.4 Å². The third kappa shape index (κ3) is 2.94. The Morgan fingerprint density at radius 2 is 2.18 bits per heavy atom. The predicted octanol–water partition coefficient (Wildman–Crippen LogP) is 1.40. The second-order valence-electron chi connectivity index (χ2n) is 6.00. The van der Waals surface area contributed by atoms with Crippen molar-refractivity contribution in [3.63, 3.8) is 0 Å². The standard InChI is InChI=1S/C15H20N6O/c1-6-20(15-8-16-4-5-17-15)9-14-13(18-19-21(14)7-1)11-22-10-12-2-3-12/h4-5,8,12H,1-3,6-7,9-11H2. The van der Waals surface area contributed by atoms with E-state index in [0.29, 0.717) is 6.61 Å². The molecule has 2 aromatic rings. The molecule has 22 heavy (non-hydrogen) atoms. The van der Waals surface area contributed by atoms with Crippen LogP contribution >= 0.6 is 0 Å². The van der Waals surface area contributed by atoms with E-state index in [1.165, 1.54) is 12.8 Å². The number of ether oxygens (including phenoxy) is 1. The molecule has 7 nitrogen and oxygen atoms in total. The molecule has 0 radical (unpaired) electrons. The molecule has 0 unspecified atom stereocenters. The molecular weight excluding hydrogens is 280 g/mol. The molecule has 0 atom stereocenters. The fourth-order valence-corrected chi connectivity index (χ4v) is 2.76. The van der Waals surface area contributed by atoms with Crippen LogP contribution in [0.3, 0.4) is 0 Å². The van der Waals surface area contributed by atoms with Gasteiger partial charge in [-0.2, -0.15) is 0 Å². The maximum Gasteiger partial charge on any atom is 0.147 e. The van der Waals surface area contributed by atoms with E-state index < -0.39 is 0 Å². The number of hydrogen-bond acceptors (Lipinski definition) is 6. The molecule has 1 fully saturated rings. The van der Waals surface area contributed by atoms with E-state index in [0.717, 1.165) is 55.8 Å². The Hall–Kier alpha value is -2.02. The van der Waals surface area contributed by atoms with Crippen LogP contribution in [0.5, 0.6) is 0 Å². The van der Waals surface area contributed by atoms with Crippen molar-refractivity contribution in [3.05, 3.63) is 30.0 Å². The Bertz CT molecular complexity index is 624. The van der Waals surface area contributed by atoms with Crippen molar-refractivity contribution in [2.24, 2.45) is 5.92 Å². The van der Waals surface area contributed by atoms with E-state index in [2.05, 4.69) is 25.2 Å². The lowest BCUT2D eigenvalue weighted by atomic mass is 10.3. The van der Waals surface area contributed by atoms with Gasteiger partial charge in [-0.1, -0.05) is 5.21 Å². The molecule has 0 spiro atoms. The van der Waals surface area contributed by atoms with Crippen LogP contribution in [0.1, 0.15) is 30.7 Å². The molecule has 0 N–H and O–H groups in total. The Labute approximate surface area is 129 Å². The number of nitrogens with zero attached hydrogens (tertiary/aromatic N) is 6. The zero-order valence-electron chi connectivity index (χ0n) is 12.6. The molecule has 2 aliphatic rings. The third-order valence-electron chi connectivity index (χ3n) is 4.22. The van der Waals surface area contributed by atoms with Crippen molar-refractivity contribution < 1.29 is 4.74 Å². The van der Waals surface area contributed by atoms with Crippen molar-refractivity contribution in [1.29, 1.82) is 0 Å². The number of anilines is 1. The lowest BCUT2D eigenvalue weighted by molar-refractivity contribution is 0.108. The first-order valence-corrected chi connectivity index (χ1v) is 7.90. The molecular formula is C15H20N6O. The van der Waals surface area contributed by atoms with Gasteiger partial charge in [0, 0.05) is 32.1 Å². The number of aryl methyl sites for hydroxylation is 1. The summed E-state index contributed by atoms with van der Waals surface area (Å²) in [5.74, 6) is 1.67. The minimum Gasteiger partial charge on any atom is -0.375 e. The average Bonchev–Trinajstić information content (AvgIpc) is 3.34. The van der Waals surface area contributed by atoms with Gasteiger partial charge < -0.3 is 9.64 Å². The second-order valence-corrected chi connectivity index (χ2v) is 6.00. The highest BCUT2D eigenvalue weighted by Gasteiger charge is 2.23. The smallest absolute Gasteiger partial charge is 0.147 e. The van der Waals surface area contributed by atoms with Crippen LogP contribution in [0.15, 0.2) is 18.6 Å². The molecule has 0 saturated heterocycles. The molecule has 1 aliphatic heterocycles. The maximum absolute atomic E-state index is 5.79. The highest BCUT2D eigenvalue weighted by atomic mass is 16.5. The monoisotopic (exact) mass is 300 g/mol. The van der Waals surface area contributed by atoms with Gasteiger partial charge in [-0.15, -0.1) is 5.10 Å². The number of aromatic nitrogens is 5. The first-order chi connectivity index (χ1) is 10.9. The molecule has 2 aromatic heterocycles. The molecule has 7 heteroatoms. The first kappa shape index (κ1) is 13.6. The molecule has 116 valence electrons. The molecule has 1 saturated carbocycles. The SMILES string of the molecule is c1cnc(N2CCCn3nnc(COCC4CC4)c3C2)cn1. The Balaban J connectivity index is 1.49. The van der Waals surface area contributed by atoms with Crippen molar-refractivity contribution in [2.45, 2.75) is 39.0 Å². The van der Waals surface area contributed by atoms with E-state index in [-0.39, 0.29) is 0 Å². The largest absolute Gasteiger partial charge is 0.375 e. The topological polar surface area (TPSA) is 69.0 Å². The zero-order chi connectivity index (χ0) is 14.8. The summed E-state index contributed by atoms with van der Waals surface area (Å²) in [7, 11) is 0. The molecule has 4 rings (SSSR count). The number of fused-ring (bicyclic) bond motifs is 1. The van der Waals surface area contributed by atoms with Gasteiger partial charge in [0.15, 0.2) is 0 Å². The molecule has 1 aliphatic carbocycles. The fourth-order valence-electron chi connectivity index (χ4n) is 2.76. The van der Waals surface area contributed by atoms with E-state index >= 15 is 0 Å². The normalized spacial score (nSPS) is 18.1. The summed E-state index contributed by atoms with van der Waals surface area (Å²) in [6.07, 6.45) is 8.87. The van der Waals surface area contributed by atoms with Gasteiger partial charge in [-0.3, -0.25) is 4.98 Å². The number of hydrogen-bond donors (Lipinski definition) is 0. The fraction of sp³-hybridized carbons (Fsp3) is 0.600. The molecule has 0 amide bonds. The lowest BCUT2D eigenvalue weighted by Gasteiger charge is -2.20. The summed E-state index contributed by atoms with van der Waals surface area (Å²) in [6.45, 7) is 4.00. The predicted molar refractivity (Wildman–Crippen MR) is 80.1 cm³/mol. The van der Waals surface area contributed by atoms with Gasteiger partial charge in [-0.05, 0) is 25.2 Å². The van der Waals surface area contributed by atoms with Crippen molar-refractivity contribution in [1.82, 2.24) is 25.0 Å². The van der Waals surface area contributed by atoms with Crippen LogP contribution in [0, 0.1) is 5.92 Å². The van der Waals surface area contributed by atoms with E-state index in [4.69, 9.17) is 4.74 Å². The van der Waals surface area contributed by atoms with Crippen LogP contribution in [-0.4, -0.2) is 38.1 Å². The first-order valence-electron chi connectivity index (χ1n) is 7.90. The highest BCUT2D eigenvalue weighted by Crippen LogP contribution is 2.29. The number of rotatable bonds is 5. The van der Waals surface area contributed by atoms with E-state index in [9.17, 15) is 0 Å². The van der Waals surface area contributed by atoms with Crippen LogP contribution in [0.4, 0.5) is 5.82 Å². The molecule has 0 bridgehead atoms. The van der Waals surface area contributed by atoms with Gasteiger partial charge in [0.25, 0.3) is 0 Å². The van der Waals surface area contributed by atoms with Crippen LogP contribution in [0.25, 0.3) is 0 Å². The van der Waals surface area contributed by atoms with Crippen LogP contribution < -0.4 is 4.90 Å². The van der Waals surface area contributed by atoms with Gasteiger partial charge >= 0.3 is 0 Å². The second kappa shape index (κ2) is 6.00. The van der Waals surface area contributed by atoms with Crippen LogP contribution in [-0.2, 0) is 24.4 Å². The Morgan fingerprint density at radius 1 is 1.23 bits per heavy atom. The van der Waals surface area contributed by atoms with Gasteiger partial charge in [-0.25, -0.2) is 9.67 Å². The van der Waals surface area contributed by atoms with Crippen molar-refractivity contribution in [2.75, 3.05) is 18.1 Å². The quantitative estimate of drug-likeness (QED) is 0.831. The zero-order valence-corrected chi connectivity index (χ0v) is 12.6. The Morgan fingerprint density at radius 3 is 3.00 bits per heavy atom. The van der Waals surface area contributed by atoms with Crippen LogP contribution in [0.2, 0.25) is 0 Å².